The average Bonchev–Trinajstić information content (AvgIpc) is 2.84. The Hall–Kier alpha value is -2.95. The van der Waals surface area contributed by atoms with E-state index in [2.05, 4.69) is 0 Å². The molecule has 23 heavy (non-hydrogen) atoms. The molecular formula is C18H16O5. The highest BCUT2D eigenvalue weighted by Gasteiger charge is 2.26. The van der Waals surface area contributed by atoms with Gasteiger partial charge in [-0.1, -0.05) is 6.07 Å². The standard InChI is InChI=1S/C18H16O5/c1-22-16-6-10(3-4-14(16)19)5-12-7-11-8-17(23-2)15(20)9-13(11)18(12)21/h3-6,8-9,19-20H,7H2,1-2H3/b12-5+. The first-order chi connectivity index (χ1) is 11.0. The third-order valence-corrected chi connectivity index (χ3v) is 3.87. The summed E-state index contributed by atoms with van der Waals surface area (Å²) in [5.74, 6) is 0.577. The summed E-state index contributed by atoms with van der Waals surface area (Å²) in [6.45, 7) is 0. The van der Waals surface area contributed by atoms with Crippen LogP contribution >= 0.6 is 0 Å². The lowest BCUT2D eigenvalue weighted by atomic mass is 10.1. The van der Waals surface area contributed by atoms with Gasteiger partial charge >= 0.3 is 0 Å². The Kier molecular flexibility index (Phi) is 3.70. The van der Waals surface area contributed by atoms with Gasteiger partial charge in [0, 0.05) is 17.6 Å². The van der Waals surface area contributed by atoms with Crippen LogP contribution in [0.3, 0.4) is 0 Å². The zero-order chi connectivity index (χ0) is 16.6. The second kappa shape index (κ2) is 5.68. The van der Waals surface area contributed by atoms with E-state index < -0.39 is 0 Å². The highest BCUT2D eigenvalue weighted by Crippen LogP contribution is 2.37. The number of Topliss-reactive ketones (excluding diaryl/α,β-unsaturated/α-hetero) is 1. The van der Waals surface area contributed by atoms with Gasteiger partial charge in [0.2, 0.25) is 0 Å². The van der Waals surface area contributed by atoms with Crippen molar-refractivity contribution in [2.75, 3.05) is 14.2 Å². The van der Waals surface area contributed by atoms with E-state index in [0.717, 1.165) is 11.1 Å². The number of carbonyl (C=O) groups is 1. The average molecular weight is 312 g/mol. The van der Waals surface area contributed by atoms with Gasteiger partial charge in [-0.05, 0) is 41.5 Å². The Bertz CT molecular complexity index is 820. The molecule has 0 aliphatic heterocycles. The quantitative estimate of drug-likeness (QED) is 0.852. The van der Waals surface area contributed by atoms with Crippen molar-refractivity contribution in [1.29, 1.82) is 0 Å². The van der Waals surface area contributed by atoms with Crippen LogP contribution < -0.4 is 9.47 Å². The summed E-state index contributed by atoms with van der Waals surface area (Å²) in [4.78, 5) is 12.5. The fourth-order valence-electron chi connectivity index (χ4n) is 2.69. The predicted octanol–water partition coefficient (Wildman–Crippen LogP) is 2.94. The molecule has 1 aliphatic rings. The van der Waals surface area contributed by atoms with Crippen LogP contribution in [0.15, 0.2) is 35.9 Å². The van der Waals surface area contributed by atoms with E-state index >= 15 is 0 Å². The number of hydrogen-bond donors (Lipinski definition) is 2. The number of benzene rings is 2. The fraction of sp³-hybridized carbons (Fsp3) is 0.167. The number of rotatable bonds is 3. The van der Waals surface area contributed by atoms with E-state index in [1.54, 1.807) is 24.3 Å². The molecule has 2 N–H and O–H groups in total. The molecule has 0 amide bonds. The molecule has 0 fully saturated rings. The predicted molar refractivity (Wildman–Crippen MR) is 85.3 cm³/mol. The maximum atomic E-state index is 12.5. The van der Waals surface area contributed by atoms with Gasteiger partial charge in [0.15, 0.2) is 28.8 Å². The minimum atomic E-state index is -0.120. The van der Waals surface area contributed by atoms with Crippen molar-refractivity contribution in [2.24, 2.45) is 0 Å². The summed E-state index contributed by atoms with van der Waals surface area (Å²) >= 11 is 0. The van der Waals surface area contributed by atoms with Gasteiger partial charge < -0.3 is 19.7 Å². The number of phenols is 2. The molecule has 5 heteroatoms. The molecule has 0 spiro atoms. The number of fused-ring (bicyclic) bond motifs is 1. The van der Waals surface area contributed by atoms with E-state index in [9.17, 15) is 15.0 Å². The van der Waals surface area contributed by atoms with Gasteiger partial charge in [-0.2, -0.15) is 0 Å². The summed E-state index contributed by atoms with van der Waals surface area (Å²) in [5, 5.41) is 19.5. The molecule has 5 nitrogen and oxygen atoms in total. The molecule has 3 rings (SSSR count). The SMILES string of the molecule is COc1cc(/C=C2\Cc3cc(OC)c(O)cc3C2=O)ccc1O. The Morgan fingerprint density at radius 1 is 1.00 bits per heavy atom. The number of aromatic hydroxyl groups is 2. The van der Waals surface area contributed by atoms with Crippen LogP contribution in [0.4, 0.5) is 0 Å². The Morgan fingerprint density at radius 3 is 2.39 bits per heavy atom. The fourth-order valence-corrected chi connectivity index (χ4v) is 2.69. The number of hydrogen-bond acceptors (Lipinski definition) is 5. The minimum Gasteiger partial charge on any atom is -0.504 e. The van der Waals surface area contributed by atoms with Gasteiger partial charge in [0.25, 0.3) is 0 Å². The van der Waals surface area contributed by atoms with Crippen molar-refractivity contribution in [2.45, 2.75) is 6.42 Å². The first kappa shape index (κ1) is 15.0. The van der Waals surface area contributed by atoms with Crippen molar-refractivity contribution in [1.82, 2.24) is 0 Å². The normalized spacial score (nSPS) is 14.9. The second-order valence-corrected chi connectivity index (χ2v) is 5.29. The van der Waals surface area contributed by atoms with Crippen LogP contribution in [0, 0.1) is 0 Å². The molecule has 0 saturated heterocycles. The Balaban J connectivity index is 1.98. The molecule has 0 heterocycles. The number of ether oxygens (including phenoxy) is 2. The molecule has 2 aromatic carbocycles. The number of ketones is 1. The number of methoxy groups -OCH3 is 2. The second-order valence-electron chi connectivity index (χ2n) is 5.29. The number of phenolic OH excluding ortho intramolecular Hbond substituents is 2. The molecule has 0 unspecified atom stereocenters. The monoisotopic (exact) mass is 312 g/mol. The van der Waals surface area contributed by atoms with Crippen LogP contribution in [0.2, 0.25) is 0 Å². The van der Waals surface area contributed by atoms with Crippen molar-refractivity contribution in [3.05, 3.63) is 52.6 Å². The van der Waals surface area contributed by atoms with Crippen molar-refractivity contribution in [3.63, 3.8) is 0 Å². The minimum absolute atomic E-state index is 0.0466. The molecule has 1 aliphatic carbocycles. The van der Waals surface area contributed by atoms with Crippen LogP contribution in [-0.2, 0) is 6.42 Å². The van der Waals surface area contributed by atoms with E-state index in [4.69, 9.17) is 9.47 Å². The van der Waals surface area contributed by atoms with Gasteiger partial charge in [-0.15, -0.1) is 0 Å². The summed E-state index contributed by atoms with van der Waals surface area (Å²) < 4.78 is 10.1. The summed E-state index contributed by atoms with van der Waals surface area (Å²) in [5.41, 5.74) is 2.68. The summed E-state index contributed by atoms with van der Waals surface area (Å²) in [6, 6.07) is 8.01. The Morgan fingerprint density at radius 2 is 1.70 bits per heavy atom. The first-order valence-electron chi connectivity index (χ1n) is 7.05. The van der Waals surface area contributed by atoms with Crippen molar-refractivity contribution >= 4 is 11.9 Å². The van der Waals surface area contributed by atoms with Crippen molar-refractivity contribution in [3.8, 4) is 23.0 Å². The third-order valence-electron chi connectivity index (χ3n) is 3.87. The summed E-state index contributed by atoms with van der Waals surface area (Å²) in [7, 11) is 2.94. The maximum Gasteiger partial charge on any atom is 0.189 e. The van der Waals surface area contributed by atoms with E-state index in [1.165, 1.54) is 26.4 Å². The molecule has 0 saturated carbocycles. The van der Waals surface area contributed by atoms with Gasteiger partial charge in [-0.3, -0.25) is 4.79 Å². The van der Waals surface area contributed by atoms with Crippen molar-refractivity contribution < 1.29 is 24.5 Å². The number of carbonyl (C=O) groups excluding carboxylic acids is 1. The van der Waals surface area contributed by atoms with E-state index in [0.29, 0.717) is 29.1 Å². The highest BCUT2D eigenvalue weighted by molar-refractivity contribution is 6.15. The van der Waals surface area contributed by atoms with Crippen LogP contribution in [-0.4, -0.2) is 30.2 Å². The first-order valence-corrected chi connectivity index (χ1v) is 7.05. The van der Waals surface area contributed by atoms with E-state index in [-0.39, 0.29) is 17.3 Å². The molecule has 0 radical (unpaired) electrons. The third kappa shape index (κ3) is 2.61. The smallest absolute Gasteiger partial charge is 0.189 e. The molecular weight excluding hydrogens is 296 g/mol. The lowest BCUT2D eigenvalue weighted by Crippen LogP contribution is -1.96. The van der Waals surface area contributed by atoms with Gasteiger partial charge in [0.1, 0.15) is 0 Å². The molecule has 2 aromatic rings. The van der Waals surface area contributed by atoms with E-state index in [1.807, 2.05) is 0 Å². The Labute approximate surface area is 133 Å². The van der Waals surface area contributed by atoms with Crippen LogP contribution in [0.25, 0.3) is 6.08 Å². The summed E-state index contributed by atoms with van der Waals surface area (Å²) in [6.07, 6.45) is 2.22. The molecule has 0 aromatic heterocycles. The lowest BCUT2D eigenvalue weighted by Gasteiger charge is -2.05. The zero-order valence-corrected chi connectivity index (χ0v) is 12.8. The van der Waals surface area contributed by atoms with Crippen LogP contribution in [0.1, 0.15) is 21.5 Å². The number of allylic oxidation sites excluding steroid dienone is 1. The topological polar surface area (TPSA) is 76.0 Å². The maximum absolute atomic E-state index is 12.5. The lowest BCUT2D eigenvalue weighted by molar-refractivity contribution is 0.104. The molecule has 0 bridgehead atoms. The highest BCUT2D eigenvalue weighted by atomic mass is 16.5. The van der Waals surface area contributed by atoms with Crippen LogP contribution in [0.5, 0.6) is 23.0 Å². The van der Waals surface area contributed by atoms with Gasteiger partial charge in [0.05, 0.1) is 14.2 Å². The largest absolute Gasteiger partial charge is 0.504 e. The van der Waals surface area contributed by atoms with Gasteiger partial charge in [-0.25, -0.2) is 0 Å². The zero-order valence-electron chi connectivity index (χ0n) is 12.8. The molecule has 0 atom stereocenters. The molecule has 118 valence electrons.